The Morgan fingerprint density at radius 3 is 2.79 bits per heavy atom. The van der Waals surface area contributed by atoms with Crippen molar-refractivity contribution in [2.45, 2.75) is 46.2 Å². The molecule has 2 aromatic heterocycles. The molecule has 0 aliphatic carbocycles. The molecule has 0 radical (unpaired) electrons. The Hall–Kier alpha value is -1.27. The average molecular weight is 279 g/mol. The zero-order valence-corrected chi connectivity index (χ0v) is 12.8. The first-order valence-corrected chi connectivity index (χ1v) is 7.41. The van der Waals surface area contributed by atoms with Crippen molar-refractivity contribution in [3.8, 4) is 0 Å². The number of rotatable bonds is 5. The summed E-state index contributed by atoms with van der Waals surface area (Å²) in [5.41, 5.74) is 1.24. The van der Waals surface area contributed by atoms with E-state index < -0.39 is 0 Å². The number of nitrogens with zero attached hydrogens (tertiary/aromatic N) is 4. The van der Waals surface area contributed by atoms with E-state index in [9.17, 15) is 0 Å². The molecule has 0 aliphatic rings. The summed E-state index contributed by atoms with van der Waals surface area (Å²) >= 11 is 1.68. The van der Waals surface area contributed by atoms with Gasteiger partial charge in [-0.15, -0.1) is 11.3 Å². The molecule has 0 aromatic carbocycles. The molecule has 0 saturated heterocycles. The molecule has 0 unspecified atom stereocenters. The van der Waals surface area contributed by atoms with E-state index in [0.717, 1.165) is 23.1 Å². The molecule has 2 aromatic rings. The highest BCUT2D eigenvalue weighted by atomic mass is 32.1. The van der Waals surface area contributed by atoms with E-state index >= 15 is 0 Å². The van der Waals surface area contributed by atoms with Crippen LogP contribution in [0.25, 0.3) is 0 Å². The molecule has 6 heteroatoms. The molecule has 1 N–H and O–H groups in total. The quantitative estimate of drug-likeness (QED) is 0.911. The normalized spacial score (nSPS) is 12.0. The summed E-state index contributed by atoms with van der Waals surface area (Å²) in [5.74, 6) is 0.828. The minimum Gasteiger partial charge on any atom is -0.310 e. The van der Waals surface area contributed by atoms with Crippen LogP contribution in [0.15, 0.2) is 11.7 Å². The van der Waals surface area contributed by atoms with Crippen LogP contribution in [-0.4, -0.2) is 26.3 Å². The standard InChI is InChI=1S/C13H21N5S/c1-5-14-6-11-15-9-18(17-11)7-12-16-10(8-19-12)13(2,3)4/h8-9,14H,5-7H2,1-4H3. The van der Waals surface area contributed by atoms with Gasteiger partial charge in [0.25, 0.3) is 0 Å². The molecule has 0 spiro atoms. The van der Waals surface area contributed by atoms with Gasteiger partial charge in [-0.2, -0.15) is 5.10 Å². The van der Waals surface area contributed by atoms with Crippen molar-refractivity contribution >= 4 is 11.3 Å². The van der Waals surface area contributed by atoms with Gasteiger partial charge in [-0.25, -0.2) is 14.6 Å². The number of nitrogens with one attached hydrogen (secondary N) is 1. The van der Waals surface area contributed by atoms with Crippen LogP contribution in [0.4, 0.5) is 0 Å². The molecule has 0 aliphatic heterocycles. The summed E-state index contributed by atoms with van der Waals surface area (Å²) in [6.45, 7) is 10.9. The average Bonchev–Trinajstić information content (AvgIpc) is 2.95. The molecule has 104 valence electrons. The van der Waals surface area contributed by atoms with Gasteiger partial charge in [0, 0.05) is 10.8 Å². The Morgan fingerprint density at radius 1 is 1.37 bits per heavy atom. The topological polar surface area (TPSA) is 55.6 Å². The molecule has 0 saturated carbocycles. The van der Waals surface area contributed by atoms with E-state index in [2.05, 4.69) is 53.5 Å². The lowest BCUT2D eigenvalue weighted by Crippen LogP contribution is -2.13. The highest BCUT2D eigenvalue weighted by molar-refractivity contribution is 7.09. The second-order valence-corrected chi connectivity index (χ2v) is 6.46. The third kappa shape index (κ3) is 3.84. The number of hydrogen-bond donors (Lipinski definition) is 1. The maximum atomic E-state index is 4.66. The van der Waals surface area contributed by atoms with Gasteiger partial charge in [0.1, 0.15) is 11.3 Å². The fraction of sp³-hybridized carbons (Fsp3) is 0.615. The zero-order chi connectivity index (χ0) is 13.9. The minimum absolute atomic E-state index is 0.104. The van der Waals surface area contributed by atoms with Crippen LogP contribution >= 0.6 is 11.3 Å². The second kappa shape index (κ2) is 5.79. The maximum absolute atomic E-state index is 4.66. The van der Waals surface area contributed by atoms with Crippen molar-refractivity contribution in [2.24, 2.45) is 0 Å². The Bertz CT molecular complexity index is 523. The van der Waals surface area contributed by atoms with E-state index in [1.807, 2.05) is 4.68 Å². The highest BCUT2D eigenvalue weighted by Crippen LogP contribution is 2.24. The van der Waals surface area contributed by atoms with Crippen LogP contribution in [0.5, 0.6) is 0 Å². The van der Waals surface area contributed by atoms with Crippen LogP contribution in [0.1, 0.15) is 44.2 Å². The van der Waals surface area contributed by atoms with Gasteiger partial charge < -0.3 is 5.32 Å². The predicted molar refractivity (Wildman–Crippen MR) is 77.3 cm³/mol. The minimum atomic E-state index is 0.104. The lowest BCUT2D eigenvalue weighted by molar-refractivity contribution is 0.567. The Morgan fingerprint density at radius 2 is 2.16 bits per heavy atom. The molecule has 0 bridgehead atoms. The number of aromatic nitrogens is 4. The van der Waals surface area contributed by atoms with Crippen LogP contribution in [-0.2, 0) is 18.5 Å². The molecular weight excluding hydrogens is 258 g/mol. The first-order valence-electron chi connectivity index (χ1n) is 6.53. The van der Waals surface area contributed by atoms with Gasteiger partial charge in [0.05, 0.1) is 18.8 Å². The molecule has 5 nitrogen and oxygen atoms in total. The maximum Gasteiger partial charge on any atom is 0.164 e. The van der Waals surface area contributed by atoms with Crippen molar-refractivity contribution < 1.29 is 0 Å². The van der Waals surface area contributed by atoms with Crippen LogP contribution in [0.3, 0.4) is 0 Å². The summed E-state index contributed by atoms with van der Waals surface area (Å²) in [5, 5.41) is 10.8. The van der Waals surface area contributed by atoms with Crippen molar-refractivity contribution in [3.63, 3.8) is 0 Å². The third-order valence-corrected chi connectivity index (χ3v) is 3.57. The lowest BCUT2D eigenvalue weighted by Gasteiger charge is -2.14. The van der Waals surface area contributed by atoms with Crippen LogP contribution < -0.4 is 5.32 Å². The van der Waals surface area contributed by atoms with Gasteiger partial charge in [0.2, 0.25) is 0 Å². The van der Waals surface area contributed by atoms with Gasteiger partial charge in [-0.05, 0) is 6.54 Å². The van der Waals surface area contributed by atoms with Gasteiger partial charge >= 0.3 is 0 Å². The summed E-state index contributed by atoms with van der Waals surface area (Å²) < 4.78 is 1.85. The number of thiazole rings is 1. The summed E-state index contributed by atoms with van der Waals surface area (Å²) in [6, 6.07) is 0. The summed E-state index contributed by atoms with van der Waals surface area (Å²) in [7, 11) is 0. The van der Waals surface area contributed by atoms with Gasteiger partial charge in [-0.1, -0.05) is 27.7 Å². The van der Waals surface area contributed by atoms with Crippen molar-refractivity contribution in [1.29, 1.82) is 0 Å². The van der Waals surface area contributed by atoms with Crippen LogP contribution in [0, 0.1) is 0 Å². The Balaban J connectivity index is 2.01. The van der Waals surface area contributed by atoms with Crippen LogP contribution in [0.2, 0.25) is 0 Å². The Labute approximate surface area is 118 Å². The van der Waals surface area contributed by atoms with Crippen molar-refractivity contribution in [1.82, 2.24) is 25.1 Å². The first kappa shape index (κ1) is 14.1. The van der Waals surface area contributed by atoms with E-state index in [1.165, 1.54) is 0 Å². The monoisotopic (exact) mass is 279 g/mol. The summed E-state index contributed by atoms with van der Waals surface area (Å²) in [4.78, 5) is 8.93. The van der Waals surface area contributed by atoms with E-state index in [4.69, 9.17) is 0 Å². The SMILES string of the molecule is CCNCc1ncn(Cc2nc(C(C)(C)C)cs2)n1. The lowest BCUT2D eigenvalue weighted by atomic mass is 9.93. The molecule has 2 heterocycles. The fourth-order valence-corrected chi connectivity index (χ4v) is 2.61. The Kier molecular flexibility index (Phi) is 4.31. The van der Waals surface area contributed by atoms with E-state index in [1.54, 1.807) is 17.7 Å². The van der Waals surface area contributed by atoms with Crippen molar-refractivity contribution in [2.75, 3.05) is 6.54 Å². The summed E-state index contributed by atoms with van der Waals surface area (Å²) in [6.07, 6.45) is 1.77. The van der Waals surface area contributed by atoms with E-state index in [0.29, 0.717) is 13.1 Å². The predicted octanol–water partition coefficient (Wildman–Crippen LogP) is 2.19. The highest BCUT2D eigenvalue weighted by Gasteiger charge is 2.17. The van der Waals surface area contributed by atoms with Gasteiger partial charge in [-0.3, -0.25) is 0 Å². The molecule has 0 fully saturated rings. The fourth-order valence-electron chi connectivity index (χ4n) is 1.59. The molecule has 19 heavy (non-hydrogen) atoms. The zero-order valence-electron chi connectivity index (χ0n) is 12.0. The first-order chi connectivity index (χ1) is 8.99. The van der Waals surface area contributed by atoms with Gasteiger partial charge in [0.15, 0.2) is 5.82 Å². The molecule has 2 rings (SSSR count). The second-order valence-electron chi connectivity index (χ2n) is 5.52. The van der Waals surface area contributed by atoms with Crippen molar-refractivity contribution in [3.05, 3.63) is 28.2 Å². The van der Waals surface area contributed by atoms with E-state index in [-0.39, 0.29) is 5.41 Å². The largest absolute Gasteiger partial charge is 0.310 e. The third-order valence-electron chi connectivity index (χ3n) is 2.73. The molecule has 0 atom stereocenters. The molecular formula is C13H21N5S. The molecule has 0 amide bonds. The smallest absolute Gasteiger partial charge is 0.164 e. The number of hydrogen-bond acceptors (Lipinski definition) is 5.